The van der Waals surface area contributed by atoms with Crippen LogP contribution in [0, 0.1) is 6.92 Å². The van der Waals surface area contributed by atoms with E-state index in [1.165, 1.54) is 11.1 Å². The van der Waals surface area contributed by atoms with Gasteiger partial charge in [-0.15, -0.1) is 0 Å². The van der Waals surface area contributed by atoms with Gasteiger partial charge in [0.25, 0.3) is 0 Å². The number of ether oxygens (including phenoxy) is 1. The Bertz CT molecular complexity index is 719. The maximum atomic E-state index is 12.3. The molecule has 0 aromatic heterocycles. The van der Waals surface area contributed by atoms with Crippen LogP contribution in [0.5, 0.6) is 0 Å². The number of hydrogen-bond acceptors (Lipinski definition) is 4. The van der Waals surface area contributed by atoms with Crippen molar-refractivity contribution in [3.05, 3.63) is 35.4 Å². The number of nitrogens with one attached hydrogen (secondary N) is 2. The summed E-state index contributed by atoms with van der Waals surface area (Å²) in [4.78, 5) is 7.50. The lowest BCUT2D eigenvalue weighted by molar-refractivity contribution is 0.0179. The van der Waals surface area contributed by atoms with Crippen molar-refractivity contribution in [2.75, 3.05) is 45.1 Å². The Morgan fingerprint density at radius 2 is 1.97 bits per heavy atom. The molecule has 0 radical (unpaired) electrons. The van der Waals surface area contributed by atoms with E-state index < -0.39 is 10.8 Å². The van der Waals surface area contributed by atoms with Crippen molar-refractivity contribution < 1.29 is 8.95 Å². The topological polar surface area (TPSA) is 66.0 Å². The van der Waals surface area contributed by atoms with E-state index in [0.717, 1.165) is 70.2 Å². The summed E-state index contributed by atoms with van der Waals surface area (Å²) in [5.74, 6) is 1.63. The minimum Gasteiger partial charge on any atom is -0.379 e. The molecule has 31 heavy (non-hydrogen) atoms. The molecule has 174 valence electrons. The highest BCUT2D eigenvalue weighted by atomic mass is 32.2. The average Bonchev–Trinajstić information content (AvgIpc) is 2.80. The number of hydrogen-bond donors (Lipinski definition) is 2. The standard InChI is InChI=1S/C24H40N4O2S/c1-4-25-24(27-21-7-6-8-22(17-21)31(29)5-2)26-18-23(28-13-15-30-16-14-28)20-11-9-19(3)10-12-20/h9-12,21-23H,4-8,13-18H2,1-3H3,(H2,25,26,27). The van der Waals surface area contributed by atoms with Crippen LogP contribution in [0.25, 0.3) is 0 Å². The zero-order chi connectivity index (χ0) is 22.1. The van der Waals surface area contributed by atoms with E-state index >= 15 is 0 Å². The zero-order valence-corrected chi connectivity index (χ0v) is 20.3. The third-order valence-electron chi connectivity index (χ3n) is 6.34. The van der Waals surface area contributed by atoms with E-state index in [9.17, 15) is 4.21 Å². The molecule has 1 saturated heterocycles. The zero-order valence-electron chi connectivity index (χ0n) is 19.4. The van der Waals surface area contributed by atoms with E-state index in [4.69, 9.17) is 9.73 Å². The second-order valence-electron chi connectivity index (χ2n) is 8.59. The van der Waals surface area contributed by atoms with Crippen LogP contribution in [0.2, 0.25) is 0 Å². The number of guanidine groups is 1. The molecule has 4 unspecified atom stereocenters. The predicted molar refractivity (Wildman–Crippen MR) is 130 cm³/mol. The highest BCUT2D eigenvalue weighted by Gasteiger charge is 2.27. The molecule has 2 aliphatic rings. The first kappa shape index (κ1) is 24.2. The average molecular weight is 449 g/mol. The van der Waals surface area contributed by atoms with Crippen molar-refractivity contribution >= 4 is 16.8 Å². The van der Waals surface area contributed by atoms with E-state index in [-0.39, 0.29) is 6.04 Å². The maximum Gasteiger partial charge on any atom is 0.191 e. The van der Waals surface area contributed by atoms with Gasteiger partial charge in [0.1, 0.15) is 0 Å². The Hall–Kier alpha value is -1.44. The second kappa shape index (κ2) is 12.6. The Balaban J connectivity index is 1.70. The van der Waals surface area contributed by atoms with Crippen LogP contribution < -0.4 is 10.6 Å². The monoisotopic (exact) mass is 448 g/mol. The number of morpholine rings is 1. The van der Waals surface area contributed by atoms with Gasteiger partial charge in [-0.1, -0.05) is 43.2 Å². The lowest BCUT2D eigenvalue weighted by Crippen LogP contribution is -2.47. The number of rotatable bonds is 8. The molecule has 2 fully saturated rings. The van der Waals surface area contributed by atoms with Gasteiger partial charge >= 0.3 is 0 Å². The number of nitrogens with zero attached hydrogens (tertiary/aromatic N) is 2. The van der Waals surface area contributed by atoms with Crippen LogP contribution in [0.3, 0.4) is 0 Å². The predicted octanol–water partition coefficient (Wildman–Crippen LogP) is 3.00. The molecule has 0 bridgehead atoms. The minimum atomic E-state index is -0.713. The van der Waals surface area contributed by atoms with E-state index in [2.05, 4.69) is 53.6 Å². The van der Waals surface area contributed by atoms with Gasteiger partial charge in [-0.2, -0.15) is 0 Å². The first-order chi connectivity index (χ1) is 15.1. The first-order valence-corrected chi connectivity index (χ1v) is 13.3. The molecular weight excluding hydrogens is 408 g/mol. The molecule has 0 amide bonds. The fraction of sp³-hybridized carbons (Fsp3) is 0.708. The number of aryl methyl sites for hydroxylation is 1. The quantitative estimate of drug-likeness (QED) is 0.473. The van der Waals surface area contributed by atoms with Crippen molar-refractivity contribution in [1.29, 1.82) is 0 Å². The summed E-state index contributed by atoms with van der Waals surface area (Å²) in [5.41, 5.74) is 2.59. The highest BCUT2D eigenvalue weighted by Crippen LogP contribution is 2.24. The lowest BCUT2D eigenvalue weighted by atomic mass is 9.95. The SMILES string of the molecule is CCNC(=NCC(c1ccc(C)cc1)N1CCOCC1)NC1CCCC(S(=O)CC)C1. The van der Waals surface area contributed by atoms with E-state index in [1.54, 1.807) is 0 Å². The molecule has 1 aliphatic carbocycles. The summed E-state index contributed by atoms with van der Waals surface area (Å²) in [7, 11) is -0.713. The van der Waals surface area contributed by atoms with Crippen LogP contribution in [0.15, 0.2) is 29.3 Å². The Morgan fingerprint density at radius 1 is 1.23 bits per heavy atom. The molecule has 1 aliphatic heterocycles. The molecule has 1 saturated carbocycles. The van der Waals surface area contributed by atoms with Crippen molar-refractivity contribution in [2.24, 2.45) is 4.99 Å². The molecule has 1 heterocycles. The normalized spacial score (nSPS) is 25.1. The van der Waals surface area contributed by atoms with Crippen LogP contribution in [0.1, 0.15) is 56.7 Å². The largest absolute Gasteiger partial charge is 0.379 e. The van der Waals surface area contributed by atoms with Gasteiger partial charge in [-0.25, -0.2) is 0 Å². The summed E-state index contributed by atoms with van der Waals surface area (Å²) in [6.07, 6.45) is 4.30. The van der Waals surface area contributed by atoms with E-state index in [0.29, 0.717) is 17.8 Å². The van der Waals surface area contributed by atoms with Crippen LogP contribution in [0.4, 0.5) is 0 Å². The molecule has 2 N–H and O–H groups in total. The first-order valence-electron chi connectivity index (χ1n) is 11.9. The second-order valence-corrected chi connectivity index (χ2v) is 10.6. The van der Waals surface area contributed by atoms with Gasteiger partial charge in [0, 0.05) is 47.5 Å². The van der Waals surface area contributed by atoms with Crippen LogP contribution >= 0.6 is 0 Å². The minimum absolute atomic E-state index is 0.242. The molecule has 6 nitrogen and oxygen atoms in total. The van der Waals surface area contributed by atoms with Gasteiger partial charge in [0.2, 0.25) is 0 Å². The van der Waals surface area contributed by atoms with Gasteiger partial charge in [0.15, 0.2) is 5.96 Å². The molecule has 1 aromatic rings. The summed E-state index contributed by atoms with van der Waals surface area (Å²) in [6.45, 7) is 11.2. The van der Waals surface area contributed by atoms with Gasteiger partial charge in [0.05, 0.1) is 25.8 Å². The summed E-state index contributed by atoms with van der Waals surface area (Å²) >= 11 is 0. The van der Waals surface area contributed by atoms with Crippen LogP contribution in [-0.4, -0.2) is 71.5 Å². The fourth-order valence-corrected chi connectivity index (χ4v) is 5.90. The smallest absolute Gasteiger partial charge is 0.191 e. The molecule has 0 spiro atoms. The van der Waals surface area contributed by atoms with Crippen LogP contribution in [-0.2, 0) is 15.5 Å². The highest BCUT2D eigenvalue weighted by molar-refractivity contribution is 7.85. The van der Waals surface area contributed by atoms with Gasteiger partial charge in [-0.3, -0.25) is 14.1 Å². The molecule has 7 heteroatoms. The Kier molecular flexibility index (Phi) is 9.81. The maximum absolute atomic E-state index is 12.3. The van der Waals surface area contributed by atoms with Crippen molar-refractivity contribution in [3.8, 4) is 0 Å². The van der Waals surface area contributed by atoms with E-state index in [1.807, 2.05) is 6.92 Å². The molecule has 3 rings (SSSR count). The molecule has 4 atom stereocenters. The van der Waals surface area contributed by atoms with Gasteiger partial charge in [-0.05, 0) is 38.7 Å². The summed E-state index contributed by atoms with van der Waals surface area (Å²) < 4.78 is 17.9. The molecule has 1 aromatic carbocycles. The molecular formula is C24H40N4O2S. The number of aliphatic imine (C=N–C) groups is 1. The number of benzene rings is 1. The summed E-state index contributed by atoms with van der Waals surface area (Å²) in [6, 6.07) is 9.42. The lowest BCUT2D eigenvalue weighted by Gasteiger charge is -2.34. The third-order valence-corrected chi connectivity index (χ3v) is 8.08. The van der Waals surface area contributed by atoms with Crippen molar-refractivity contribution in [1.82, 2.24) is 15.5 Å². The van der Waals surface area contributed by atoms with Crippen molar-refractivity contribution in [3.63, 3.8) is 0 Å². The third kappa shape index (κ3) is 7.29. The summed E-state index contributed by atoms with van der Waals surface area (Å²) in [5, 5.41) is 7.39. The van der Waals surface area contributed by atoms with Crippen molar-refractivity contribution in [2.45, 2.75) is 63.8 Å². The Morgan fingerprint density at radius 3 is 2.65 bits per heavy atom. The van der Waals surface area contributed by atoms with Gasteiger partial charge < -0.3 is 15.4 Å². The Labute approximate surface area is 190 Å². The fourth-order valence-electron chi connectivity index (χ4n) is 4.55.